The highest BCUT2D eigenvalue weighted by atomic mass is 16.5. The number of unbranched alkanes of at least 4 members (excludes halogenated alkanes) is 11. The topological polar surface area (TPSA) is 38.3 Å². The van der Waals surface area contributed by atoms with Crippen molar-refractivity contribution >= 4 is 5.69 Å². The Morgan fingerprint density at radius 2 is 1.27 bits per heavy atom. The third kappa shape index (κ3) is 11.2. The van der Waals surface area contributed by atoms with E-state index in [-0.39, 0.29) is 5.43 Å². The fourth-order valence-electron chi connectivity index (χ4n) is 3.12. The van der Waals surface area contributed by atoms with Crippen LogP contribution in [0.25, 0.3) is 0 Å². The van der Waals surface area contributed by atoms with Gasteiger partial charge in [0.25, 0.3) is 0 Å². The standard InChI is InChI=1S/C23H39NO2/c1-3-5-6-7-8-9-10-11-12-13-14-15-20-26-21-16-18-22(24-4-2)23(25)19-17-21/h16-19H,3-15,20H2,1-2H3,(H,24,25). The van der Waals surface area contributed by atoms with E-state index in [1.807, 2.05) is 19.1 Å². The number of hydrogen-bond donors (Lipinski definition) is 1. The molecule has 0 saturated heterocycles. The molecular formula is C23H39NO2. The lowest BCUT2D eigenvalue weighted by molar-refractivity contribution is 0.304. The number of hydrogen-bond acceptors (Lipinski definition) is 3. The largest absolute Gasteiger partial charge is 0.494 e. The minimum absolute atomic E-state index is 0.00654. The summed E-state index contributed by atoms with van der Waals surface area (Å²) in [5, 5.41) is 3.07. The summed E-state index contributed by atoms with van der Waals surface area (Å²) in [7, 11) is 0. The Bertz CT molecular complexity index is 516. The molecule has 0 aromatic heterocycles. The van der Waals surface area contributed by atoms with Crippen LogP contribution in [0.5, 0.6) is 5.75 Å². The van der Waals surface area contributed by atoms with E-state index in [1.165, 1.54) is 70.6 Å². The minimum atomic E-state index is 0.00654. The van der Waals surface area contributed by atoms with E-state index in [2.05, 4.69) is 12.2 Å². The van der Waals surface area contributed by atoms with Gasteiger partial charge in [0.05, 0.1) is 12.3 Å². The van der Waals surface area contributed by atoms with Gasteiger partial charge in [0.1, 0.15) is 5.75 Å². The molecule has 0 amide bonds. The highest BCUT2D eigenvalue weighted by molar-refractivity contribution is 5.43. The van der Waals surface area contributed by atoms with E-state index >= 15 is 0 Å². The van der Waals surface area contributed by atoms with E-state index in [1.54, 1.807) is 12.1 Å². The first-order chi connectivity index (χ1) is 12.8. The van der Waals surface area contributed by atoms with Crippen LogP contribution in [0.3, 0.4) is 0 Å². The molecule has 0 bridgehead atoms. The summed E-state index contributed by atoms with van der Waals surface area (Å²) < 4.78 is 5.78. The molecule has 0 unspecified atom stereocenters. The molecule has 0 radical (unpaired) electrons. The van der Waals surface area contributed by atoms with Crippen LogP contribution in [0.4, 0.5) is 5.69 Å². The fourth-order valence-corrected chi connectivity index (χ4v) is 3.12. The van der Waals surface area contributed by atoms with Crippen LogP contribution in [0.1, 0.15) is 90.9 Å². The van der Waals surface area contributed by atoms with Gasteiger partial charge in [-0.05, 0) is 37.6 Å². The molecule has 0 atom stereocenters. The molecule has 0 spiro atoms. The lowest BCUT2D eigenvalue weighted by Gasteiger charge is -2.05. The fraction of sp³-hybridized carbons (Fsp3) is 0.696. The zero-order chi connectivity index (χ0) is 18.9. The van der Waals surface area contributed by atoms with Crippen LogP contribution in [0, 0.1) is 0 Å². The third-order valence-corrected chi connectivity index (χ3v) is 4.71. The van der Waals surface area contributed by atoms with Crippen LogP contribution in [0.15, 0.2) is 29.1 Å². The third-order valence-electron chi connectivity index (χ3n) is 4.71. The molecule has 148 valence electrons. The van der Waals surface area contributed by atoms with Crippen LogP contribution in [0.2, 0.25) is 0 Å². The van der Waals surface area contributed by atoms with Crippen molar-refractivity contribution in [2.45, 2.75) is 90.9 Å². The number of anilines is 1. The Kier molecular flexibility index (Phi) is 13.6. The molecule has 0 aliphatic carbocycles. The molecule has 1 rings (SSSR count). The lowest BCUT2D eigenvalue weighted by Crippen LogP contribution is -2.06. The molecular weight excluding hydrogens is 322 g/mol. The van der Waals surface area contributed by atoms with Gasteiger partial charge in [-0.25, -0.2) is 0 Å². The first-order valence-electron chi connectivity index (χ1n) is 10.8. The molecule has 3 nitrogen and oxygen atoms in total. The van der Waals surface area contributed by atoms with Gasteiger partial charge in [-0.15, -0.1) is 0 Å². The zero-order valence-electron chi connectivity index (χ0n) is 17.0. The molecule has 0 fully saturated rings. The maximum atomic E-state index is 11.8. The van der Waals surface area contributed by atoms with Gasteiger partial charge >= 0.3 is 0 Å². The van der Waals surface area contributed by atoms with Gasteiger partial charge in [0, 0.05) is 6.54 Å². The van der Waals surface area contributed by atoms with Crippen molar-refractivity contribution in [3.8, 4) is 5.75 Å². The average Bonchev–Trinajstić information content (AvgIpc) is 2.82. The Hall–Kier alpha value is -1.51. The van der Waals surface area contributed by atoms with Crippen molar-refractivity contribution in [1.82, 2.24) is 0 Å². The van der Waals surface area contributed by atoms with Crippen molar-refractivity contribution in [3.05, 3.63) is 34.5 Å². The van der Waals surface area contributed by atoms with Gasteiger partial charge in [0.2, 0.25) is 5.43 Å². The second-order valence-corrected chi connectivity index (χ2v) is 7.11. The Balaban J connectivity index is 2.01. The van der Waals surface area contributed by atoms with Crippen molar-refractivity contribution in [2.24, 2.45) is 0 Å². The summed E-state index contributed by atoms with van der Waals surface area (Å²) in [6.07, 6.45) is 16.1. The first kappa shape index (κ1) is 22.5. The smallest absolute Gasteiger partial charge is 0.201 e. The molecule has 26 heavy (non-hydrogen) atoms. The van der Waals surface area contributed by atoms with Gasteiger partial charge in [-0.3, -0.25) is 4.79 Å². The first-order valence-corrected chi connectivity index (χ1v) is 10.8. The normalized spacial score (nSPS) is 10.7. The molecule has 1 N–H and O–H groups in total. The average molecular weight is 362 g/mol. The summed E-state index contributed by atoms with van der Waals surface area (Å²) in [5.41, 5.74) is 0.639. The summed E-state index contributed by atoms with van der Waals surface area (Å²) in [6.45, 7) is 5.73. The SMILES string of the molecule is CCCCCCCCCCCCCCOc1ccc(NCC)c(=O)cc1. The quantitative estimate of drug-likeness (QED) is 0.339. The van der Waals surface area contributed by atoms with Crippen molar-refractivity contribution in [1.29, 1.82) is 0 Å². The van der Waals surface area contributed by atoms with Gasteiger partial charge in [0.15, 0.2) is 0 Å². The molecule has 0 heterocycles. The summed E-state index contributed by atoms with van der Waals surface area (Å²) in [6, 6.07) is 7.03. The molecule has 0 saturated carbocycles. The molecule has 0 aliphatic rings. The van der Waals surface area contributed by atoms with E-state index in [0.717, 1.165) is 25.3 Å². The van der Waals surface area contributed by atoms with Crippen LogP contribution >= 0.6 is 0 Å². The second kappa shape index (κ2) is 15.7. The molecule has 1 aromatic rings. The maximum absolute atomic E-state index is 11.8. The molecule has 1 aromatic carbocycles. The maximum Gasteiger partial charge on any atom is 0.201 e. The predicted octanol–water partition coefficient (Wildman–Crippen LogP) is 6.56. The minimum Gasteiger partial charge on any atom is -0.494 e. The Morgan fingerprint density at radius 3 is 1.85 bits per heavy atom. The summed E-state index contributed by atoms with van der Waals surface area (Å²) in [5.74, 6) is 0.773. The van der Waals surface area contributed by atoms with Gasteiger partial charge in [-0.2, -0.15) is 0 Å². The zero-order valence-corrected chi connectivity index (χ0v) is 17.0. The van der Waals surface area contributed by atoms with Crippen LogP contribution < -0.4 is 15.5 Å². The number of nitrogens with one attached hydrogen (secondary N) is 1. The molecule has 0 aliphatic heterocycles. The number of rotatable bonds is 16. The van der Waals surface area contributed by atoms with Crippen LogP contribution in [-0.4, -0.2) is 13.2 Å². The van der Waals surface area contributed by atoms with Crippen molar-refractivity contribution in [2.75, 3.05) is 18.5 Å². The van der Waals surface area contributed by atoms with E-state index < -0.39 is 0 Å². The van der Waals surface area contributed by atoms with E-state index in [4.69, 9.17) is 4.74 Å². The highest BCUT2D eigenvalue weighted by Gasteiger charge is 1.98. The monoisotopic (exact) mass is 361 g/mol. The van der Waals surface area contributed by atoms with Gasteiger partial charge in [-0.1, -0.05) is 77.6 Å². The Morgan fingerprint density at radius 1 is 0.731 bits per heavy atom. The van der Waals surface area contributed by atoms with Crippen molar-refractivity contribution < 1.29 is 4.74 Å². The van der Waals surface area contributed by atoms with E-state index in [9.17, 15) is 4.79 Å². The van der Waals surface area contributed by atoms with Crippen molar-refractivity contribution in [3.63, 3.8) is 0 Å². The predicted molar refractivity (Wildman–Crippen MR) is 113 cm³/mol. The second-order valence-electron chi connectivity index (χ2n) is 7.11. The summed E-state index contributed by atoms with van der Waals surface area (Å²) >= 11 is 0. The van der Waals surface area contributed by atoms with Crippen LogP contribution in [-0.2, 0) is 0 Å². The lowest BCUT2D eigenvalue weighted by atomic mass is 10.1. The van der Waals surface area contributed by atoms with E-state index in [0.29, 0.717) is 5.69 Å². The number of ether oxygens (including phenoxy) is 1. The molecule has 3 heteroatoms. The Labute approximate surface area is 160 Å². The summed E-state index contributed by atoms with van der Waals surface area (Å²) in [4.78, 5) is 11.8. The van der Waals surface area contributed by atoms with Gasteiger partial charge < -0.3 is 10.1 Å². The highest BCUT2D eigenvalue weighted by Crippen LogP contribution is 2.13.